The van der Waals surface area contributed by atoms with E-state index >= 15 is 0 Å². The number of nitrogens with one attached hydrogen (secondary N) is 1. The van der Waals surface area contributed by atoms with E-state index in [4.69, 9.17) is 0 Å². The lowest BCUT2D eigenvalue weighted by Crippen LogP contribution is -2.36. The lowest BCUT2D eigenvalue weighted by molar-refractivity contribution is 0.0711. The molecule has 6 nitrogen and oxygen atoms in total. The number of likely N-dealkylation sites (tertiary alicyclic amines) is 1. The molecule has 29 heavy (non-hydrogen) atoms. The largest absolute Gasteiger partial charge is 0.351 e. The third kappa shape index (κ3) is 4.31. The summed E-state index contributed by atoms with van der Waals surface area (Å²) in [6, 6.07) is 15.8. The maximum absolute atomic E-state index is 13.0. The van der Waals surface area contributed by atoms with E-state index < -0.39 is 0 Å². The Hall–Kier alpha value is -3.15. The Morgan fingerprint density at radius 3 is 2.52 bits per heavy atom. The fourth-order valence-electron chi connectivity index (χ4n) is 3.82. The van der Waals surface area contributed by atoms with Crippen molar-refractivity contribution in [2.24, 2.45) is 0 Å². The van der Waals surface area contributed by atoms with Gasteiger partial charge in [0.05, 0.1) is 5.52 Å². The van der Waals surface area contributed by atoms with Crippen LogP contribution in [0.3, 0.4) is 0 Å². The highest BCUT2D eigenvalue weighted by atomic mass is 16.2. The number of amides is 2. The number of hydrogen-bond donors (Lipinski definition) is 1. The van der Waals surface area contributed by atoms with Gasteiger partial charge in [0.1, 0.15) is 0 Å². The molecule has 3 aromatic rings. The van der Waals surface area contributed by atoms with E-state index in [2.05, 4.69) is 22.4 Å². The maximum atomic E-state index is 13.0. The van der Waals surface area contributed by atoms with Crippen LogP contribution in [0.1, 0.15) is 52.4 Å². The molecule has 2 aromatic heterocycles. The van der Waals surface area contributed by atoms with E-state index in [0.29, 0.717) is 23.6 Å². The Bertz CT molecular complexity index is 991. The monoisotopic (exact) mass is 390 g/mol. The topological polar surface area (TPSA) is 66.7 Å². The number of nitrogens with zero attached hydrogens (tertiary/aromatic N) is 3. The molecule has 0 spiro atoms. The molecule has 0 unspecified atom stereocenters. The van der Waals surface area contributed by atoms with Crippen molar-refractivity contribution in [1.29, 1.82) is 0 Å². The van der Waals surface area contributed by atoms with Gasteiger partial charge in [-0.2, -0.15) is 0 Å². The first kappa shape index (κ1) is 19.2. The number of aryl methyl sites for hydroxylation is 1. The molecule has 0 radical (unpaired) electrons. The summed E-state index contributed by atoms with van der Waals surface area (Å²) >= 11 is 0. The second kappa shape index (κ2) is 8.90. The predicted molar refractivity (Wildman–Crippen MR) is 112 cm³/mol. The van der Waals surface area contributed by atoms with E-state index in [1.165, 1.54) is 5.56 Å². The van der Waals surface area contributed by atoms with Crippen LogP contribution in [0.25, 0.3) is 5.52 Å². The summed E-state index contributed by atoms with van der Waals surface area (Å²) in [5.74, 6) is -0.0228. The number of piperidine rings is 1. The van der Waals surface area contributed by atoms with Gasteiger partial charge in [-0.25, -0.2) is 4.98 Å². The Morgan fingerprint density at radius 2 is 1.72 bits per heavy atom. The minimum atomic E-state index is -0.237. The third-order valence-electron chi connectivity index (χ3n) is 5.37. The van der Waals surface area contributed by atoms with Gasteiger partial charge in [-0.05, 0) is 49.8 Å². The summed E-state index contributed by atoms with van der Waals surface area (Å²) in [4.78, 5) is 32.0. The van der Waals surface area contributed by atoms with E-state index in [9.17, 15) is 9.59 Å². The number of aromatic nitrogens is 2. The summed E-state index contributed by atoms with van der Waals surface area (Å²) in [5.41, 5.74) is 2.22. The fourth-order valence-corrected chi connectivity index (χ4v) is 3.82. The average molecular weight is 390 g/mol. The molecule has 0 atom stereocenters. The zero-order chi connectivity index (χ0) is 20.1. The molecule has 1 aliphatic rings. The summed E-state index contributed by atoms with van der Waals surface area (Å²) in [6.07, 6.45) is 6.74. The Labute approximate surface area is 170 Å². The van der Waals surface area contributed by atoms with Crippen LogP contribution in [0, 0.1) is 0 Å². The standard InChI is InChI=1S/C23H26N4O2/c28-22(24-14-9-12-18-10-3-1-4-11-18)20-19-13-5-8-17-27(19)21(25-20)23(29)26-15-6-2-7-16-26/h1,3-5,8,10-11,13,17H,2,6-7,9,12,14-16H2,(H,24,28). The molecular formula is C23H26N4O2. The number of carbonyl (C=O) groups excluding carboxylic acids is 2. The molecule has 1 aliphatic heterocycles. The van der Waals surface area contributed by atoms with Gasteiger partial charge in [-0.15, -0.1) is 0 Å². The fraction of sp³-hybridized carbons (Fsp3) is 0.348. The third-order valence-corrected chi connectivity index (χ3v) is 5.37. The quantitative estimate of drug-likeness (QED) is 0.657. The molecule has 0 aliphatic carbocycles. The van der Waals surface area contributed by atoms with E-state index in [0.717, 1.165) is 45.2 Å². The molecule has 1 N–H and O–H groups in total. The lowest BCUT2D eigenvalue weighted by Gasteiger charge is -2.25. The van der Waals surface area contributed by atoms with Crippen LogP contribution in [0.15, 0.2) is 54.7 Å². The SMILES string of the molecule is O=C(NCCCc1ccccc1)c1nc(C(=O)N2CCCCC2)n2ccccc12. The summed E-state index contributed by atoms with van der Waals surface area (Å²) in [7, 11) is 0. The summed E-state index contributed by atoms with van der Waals surface area (Å²) in [6.45, 7) is 2.07. The number of benzene rings is 1. The zero-order valence-electron chi connectivity index (χ0n) is 16.5. The smallest absolute Gasteiger partial charge is 0.290 e. The van der Waals surface area contributed by atoms with E-state index in [1.807, 2.05) is 41.3 Å². The van der Waals surface area contributed by atoms with Gasteiger partial charge in [-0.1, -0.05) is 36.4 Å². The van der Waals surface area contributed by atoms with Gasteiger partial charge >= 0.3 is 0 Å². The normalized spacial score (nSPS) is 14.1. The van der Waals surface area contributed by atoms with Gasteiger partial charge in [0.15, 0.2) is 5.69 Å². The van der Waals surface area contributed by atoms with Crippen LogP contribution < -0.4 is 5.32 Å². The molecule has 2 amide bonds. The van der Waals surface area contributed by atoms with E-state index in [1.54, 1.807) is 10.6 Å². The first-order chi connectivity index (χ1) is 14.2. The predicted octanol–water partition coefficient (Wildman–Crippen LogP) is 3.32. The molecule has 6 heteroatoms. The maximum Gasteiger partial charge on any atom is 0.290 e. The minimum Gasteiger partial charge on any atom is -0.351 e. The van der Waals surface area contributed by atoms with Crippen molar-refractivity contribution >= 4 is 17.3 Å². The second-order valence-corrected chi connectivity index (χ2v) is 7.44. The molecule has 0 saturated carbocycles. The molecule has 0 bridgehead atoms. The molecular weight excluding hydrogens is 364 g/mol. The van der Waals surface area contributed by atoms with Crippen LogP contribution in [0.4, 0.5) is 0 Å². The zero-order valence-corrected chi connectivity index (χ0v) is 16.5. The number of fused-ring (bicyclic) bond motifs is 1. The number of rotatable bonds is 6. The first-order valence-electron chi connectivity index (χ1n) is 10.3. The number of pyridine rings is 1. The first-order valence-corrected chi connectivity index (χ1v) is 10.3. The average Bonchev–Trinajstić information content (AvgIpc) is 3.17. The van der Waals surface area contributed by atoms with Crippen molar-refractivity contribution in [2.75, 3.05) is 19.6 Å². The van der Waals surface area contributed by atoms with Crippen LogP contribution in [-0.2, 0) is 6.42 Å². The van der Waals surface area contributed by atoms with Crippen LogP contribution in [0.5, 0.6) is 0 Å². The van der Waals surface area contributed by atoms with Gasteiger partial charge in [0, 0.05) is 25.8 Å². The molecule has 4 rings (SSSR count). The van der Waals surface area contributed by atoms with Crippen LogP contribution in [0.2, 0.25) is 0 Å². The van der Waals surface area contributed by atoms with Gasteiger partial charge in [0.2, 0.25) is 5.82 Å². The second-order valence-electron chi connectivity index (χ2n) is 7.44. The minimum absolute atomic E-state index is 0.103. The van der Waals surface area contributed by atoms with Crippen molar-refractivity contribution in [3.8, 4) is 0 Å². The highest BCUT2D eigenvalue weighted by Gasteiger charge is 2.25. The highest BCUT2D eigenvalue weighted by Crippen LogP contribution is 2.17. The summed E-state index contributed by atoms with van der Waals surface area (Å²) in [5, 5.41) is 2.95. The van der Waals surface area contributed by atoms with Crippen molar-refractivity contribution < 1.29 is 9.59 Å². The number of hydrogen-bond acceptors (Lipinski definition) is 3. The van der Waals surface area contributed by atoms with Crippen molar-refractivity contribution in [3.63, 3.8) is 0 Å². The van der Waals surface area contributed by atoms with Crippen molar-refractivity contribution in [2.45, 2.75) is 32.1 Å². The Balaban J connectivity index is 1.46. The molecule has 3 heterocycles. The molecule has 1 saturated heterocycles. The van der Waals surface area contributed by atoms with Gasteiger partial charge in [-0.3, -0.25) is 14.0 Å². The lowest BCUT2D eigenvalue weighted by atomic mass is 10.1. The van der Waals surface area contributed by atoms with Crippen LogP contribution in [-0.4, -0.2) is 45.7 Å². The van der Waals surface area contributed by atoms with Crippen LogP contribution >= 0.6 is 0 Å². The van der Waals surface area contributed by atoms with Crippen molar-refractivity contribution in [1.82, 2.24) is 19.6 Å². The molecule has 1 fully saturated rings. The number of carbonyl (C=O) groups is 2. The summed E-state index contributed by atoms with van der Waals surface area (Å²) < 4.78 is 1.73. The van der Waals surface area contributed by atoms with E-state index in [-0.39, 0.29) is 11.8 Å². The highest BCUT2D eigenvalue weighted by molar-refractivity contribution is 6.02. The molecule has 150 valence electrons. The molecule has 1 aromatic carbocycles. The van der Waals surface area contributed by atoms with Gasteiger partial charge in [0.25, 0.3) is 11.8 Å². The Kier molecular flexibility index (Phi) is 5.89. The van der Waals surface area contributed by atoms with Gasteiger partial charge < -0.3 is 10.2 Å². The van der Waals surface area contributed by atoms with Crippen molar-refractivity contribution in [3.05, 3.63) is 71.8 Å². The number of imidazole rings is 1. The Morgan fingerprint density at radius 1 is 0.966 bits per heavy atom.